The lowest BCUT2D eigenvalue weighted by molar-refractivity contribution is -0.125. The van der Waals surface area contributed by atoms with E-state index in [0.717, 1.165) is 11.8 Å². The van der Waals surface area contributed by atoms with Gasteiger partial charge in [-0.15, -0.1) is 0 Å². The second-order valence-electron chi connectivity index (χ2n) is 5.73. The van der Waals surface area contributed by atoms with E-state index in [1.807, 2.05) is 6.07 Å². The fourth-order valence-electron chi connectivity index (χ4n) is 2.32. The summed E-state index contributed by atoms with van der Waals surface area (Å²) in [4.78, 5) is 23.9. The van der Waals surface area contributed by atoms with Gasteiger partial charge in [0.05, 0.1) is 41.3 Å². The summed E-state index contributed by atoms with van der Waals surface area (Å²) in [5.41, 5.74) is -0.601. The van der Waals surface area contributed by atoms with Gasteiger partial charge in [0.15, 0.2) is 0 Å². The van der Waals surface area contributed by atoms with E-state index < -0.39 is 17.2 Å². The molecule has 2 amide bonds. The molecule has 0 fully saturated rings. The lowest BCUT2D eigenvalue weighted by Crippen LogP contribution is -2.44. The third-order valence-electron chi connectivity index (χ3n) is 3.72. The van der Waals surface area contributed by atoms with Crippen molar-refractivity contribution in [1.29, 1.82) is 10.5 Å². The third kappa shape index (κ3) is 3.61. The highest BCUT2D eigenvalue weighted by Crippen LogP contribution is 2.41. The van der Waals surface area contributed by atoms with E-state index in [2.05, 4.69) is 16.7 Å². The highest BCUT2D eigenvalue weighted by Gasteiger charge is 2.44. The first-order valence-corrected chi connectivity index (χ1v) is 8.16. The topological polar surface area (TPSA) is 119 Å². The van der Waals surface area contributed by atoms with E-state index >= 15 is 0 Å². The molecule has 124 valence electrons. The molecule has 0 spiro atoms. The smallest absolute Gasteiger partial charge is 0.243 e. The second-order valence-corrected chi connectivity index (χ2v) is 6.72. The largest absolute Gasteiger partial charge is 0.467 e. The average molecular weight is 344 g/mol. The third-order valence-corrected chi connectivity index (χ3v) is 4.72. The Kier molecular flexibility index (Phi) is 5.32. The van der Waals surface area contributed by atoms with Gasteiger partial charge in [-0.25, -0.2) is 0 Å². The normalized spacial score (nSPS) is 19.2. The molecule has 0 saturated heterocycles. The standard InChI is InChI=1S/C16H16N4O3S/c1-16(2)11(6-17)14(22)20-15(12(16)7-18)24-9-13(21)19-8-10-4-3-5-23-10/h3-5,11H,8-9H2,1-2H3,(H,19,21)(H,20,22)/t11-/m1/s1. The molecule has 2 rings (SSSR count). The Labute approximate surface area is 143 Å². The van der Waals surface area contributed by atoms with Gasteiger partial charge in [-0.3, -0.25) is 9.59 Å². The predicted molar refractivity (Wildman–Crippen MR) is 86.7 cm³/mol. The van der Waals surface area contributed by atoms with Crippen LogP contribution < -0.4 is 10.6 Å². The first-order chi connectivity index (χ1) is 11.4. The maximum Gasteiger partial charge on any atom is 0.243 e. The van der Waals surface area contributed by atoms with Crippen molar-refractivity contribution >= 4 is 23.6 Å². The van der Waals surface area contributed by atoms with Crippen molar-refractivity contribution < 1.29 is 14.0 Å². The van der Waals surface area contributed by atoms with E-state index in [-0.39, 0.29) is 18.2 Å². The molecule has 8 heteroatoms. The molecule has 1 aromatic rings. The summed E-state index contributed by atoms with van der Waals surface area (Å²) in [5.74, 6) is -0.983. The molecular formula is C16H16N4O3S. The Morgan fingerprint density at radius 2 is 2.25 bits per heavy atom. The summed E-state index contributed by atoms with van der Waals surface area (Å²) in [6.07, 6.45) is 1.52. The fraction of sp³-hybridized carbons (Fsp3) is 0.375. The minimum Gasteiger partial charge on any atom is -0.467 e. The predicted octanol–water partition coefficient (Wildman–Crippen LogP) is 1.66. The molecule has 0 aromatic carbocycles. The minimum atomic E-state index is -0.940. The van der Waals surface area contributed by atoms with Crippen molar-refractivity contribution in [3.63, 3.8) is 0 Å². The summed E-state index contributed by atoms with van der Waals surface area (Å²) in [5, 5.41) is 24.1. The highest BCUT2D eigenvalue weighted by atomic mass is 32.2. The van der Waals surface area contributed by atoms with Crippen LogP contribution in [0.15, 0.2) is 33.4 Å². The average Bonchev–Trinajstić information content (AvgIpc) is 3.03. The number of carbonyl (C=O) groups excluding carboxylic acids is 2. The Bertz CT molecular complexity index is 753. The molecule has 0 bridgehead atoms. The van der Waals surface area contributed by atoms with Crippen LogP contribution in [0.1, 0.15) is 19.6 Å². The van der Waals surface area contributed by atoms with Crippen molar-refractivity contribution in [3.8, 4) is 12.1 Å². The van der Waals surface area contributed by atoms with Crippen LogP contribution in [-0.2, 0) is 16.1 Å². The van der Waals surface area contributed by atoms with Crippen LogP contribution in [0.3, 0.4) is 0 Å². The van der Waals surface area contributed by atoms with Gasteiger partial charge < -0.3 is 15.1 Å². The fourth-order valence-corrected chi connectivity index (χ4v) is 3.33. The van der Waals surface area contributed by atoms with Crippen LogP contribution in [0.4, 0.5) is 0 Å². The van der Waals surface area contributed by atoms with Crippen LogP contribution in [0.25, 0.3) is 0 Å². The van der Waals surface area contributed by atoms with Crippen molar-refractivity contribution in [1.82, 2.24) is 10.6 Å². The lowest BCUT2D eigenvalue weighted by Gasteiger charge is -2.34. The van der Waals surface area contributed by atoms with Crippen molar-refractivity contribution in [2.75, 3.05) is 5.75 Å². The molecule has 0 aliphatic carbocycles. The van der Waals surface area contributed by atoms with Gasteiger partial charge in [-0.2, -0.15) is 10.5 Å². The van der Waals surface area contributed by atoms with E-state index in [1.54, 1.807) is 26.0 Å². The zero-order valence-electron chi connectivity index (χ0n) is 13.3. The number of carbonyl (C=O) groups is 2. The second kappa shape index (κ2) is 7.24. The summed E-state index contributed by atoms with van der Waals surface area (Å²) in [6, 6.07) is 7.46. The molecule has 1 aliphatic rings. The quantitative estimate of drug-likeness (QED) is 0.838. The summed E-state index contributed by atoms with van der Waals surface area (Å²) in [7, 11) is 0. The number of amides is 2. The lowest BCUT2D eigenvalue weighted by atomic mass is 9.72. The highest BCUT2D eigenvalue weighted by molar-refractivity contribution is 8.03. The van der Waals surface area contributed by atoms with Crippen molar-refractivity contribution in [3.05, 3.63) is 34.8 Å². The molecule has 1 aliphatic heterocycles. The van der Waals surface area contributed by atoms with E-state index in [1.165, 1.54) is 6.26 Å². The van der Waals surface area contributed by atoms with Crippen LogP contribution in [-0.4, -0.2) is 17.6 Å². The van der Waals surface area contributed by atoms with Crippen LogP contribution in [0.5, 0.6) is 0 Å². The van der Waals surface area contributed by atoms with Gasteiger partial charge >= 0.3 is 0 Å². The Morgan fingerprint density at radius 1 is 1.50 bits per heavy atom. The van der Waals surface area contributed by atoms with Gasteiger partial charge in [0.1, 0.15) is 11.7 Å². The maximum absolute atomic E-state index is 12.0. The van der Waals surface area contributed by atoms with Gasteiger partial charge in [-0.1, -0.05) is 25.6 Å². The Balaban J connectivity index is 2.03. The van der Waals surface area contributed by atoms with Crippen LogP contribution in [0, 0.1) is 34.0 Å². The molecule has 2 heterocycles. The zero-order chi connectivity index (χ0) is 17.7. The zero-order valence-corrected chi connectivity index (χ0v) is 14.1. The summed E-state index contributed by atoms with van der Waals surface area (Å²) < 4.78 is 5.12. The van der Waals surface area contributed by atoms with Crippen molar-refractivity contribution in [2.45, 2.75) is 20.4 Å². The molecule has 0 radical (unpaired) electrons. The number of nitrogens with zero attached hydrogens (tertiary/aromatic N) is 2. The van der Waals surface area contributed by atoms with Crippen LogP contribution in [0.2, 0.25) is 0 Å². The molecule has 2 N–H and O–H groups in total. The number of nitriles is 2. The monoisotopic (exact) mass is 344 g/mol. The molecule has 24 heavy (non-hydrogen) atoms. The number of hydrogen-bond acceptors (Lipinski definition) is 6. The minimum absolute atomic E-state index is 0.0365. The molecule has 0 saturated carbocycles. The van der Waals surface area contributed by atoms with E-state index in [9.17, 15) is 14.9 Å². The number of allylic oxidation sites excluding steroid dienone is 1. The van der Waals surface area contributed by atoms with E-state index in [0.29, 0.717) is 16.4 Å². The number of furan rings is 1. The Hall–Kier alpha value is -2.71. The Morgan fingerprint density at radius 3 is 2.83 bits per heavy atom. The molecular weight excluding hydrogens is 328 g/mol. The number of thioether (sulfide) groups is 1. The molecule has 7 nitrogen and oxygen atoms in total. The summed E-state index contributed by atoms with van der Waals surface area (Å²) in [6.45, 7) is 3.62. The number of nitrogens with one attached hydrogen (secondary N) is 2. The molecule has 1 aromatic heterocycles. The molecule has 0 unspecified atom stereocenters. The van der Waals surface area contributed by atoms with Gasteiger partial charge in [0.2, 0.25) is 11.8 Å². The SMILES string of the molecule is CC1(C)C(C#N)=C(SCC(=O)NCc2ccco2)NC(=O)[C@H]1C#N. The van der Waals surface area contributed by atoms with Gasteiger partial charge in [-0.05, 0) is 12.1 Å². The number of hydrogen-bond donors (Lipinski definition) is 2. The van der Waals surface area contributed by atoms with Crippen LogP contribution >= 0.6 is 11.8 Å². The first-order valence-electron chi connectivity index (χ1n) is 7.17. The van der Waals surface area contributed by atoms with Crippen molar-refractivity contribution in [2.24, 2.45) is 11.3 Å². The van der Waals surface area contributed by atoms with Gasteiger partial charge in [0, 0.05) is 5.41 Å². The summed E-state index contributed by atoms with van der Waals surface area (Å²) >= 11 is 1.07. The van der Waals surface area contributed by atoms with Gasteiger partial charge in [0.25, 0.3) is 0 Å². The number of rotatable bonds is 5. The maximum atomic E-state index is 12.0. The molecule has 1 atom stereocenters. The first kappa shape index (κ1) is 17.6. The van der Waals surface area contributed by atoms with E-state index in [4.69, 9.17) is 9.68 Å².